The summed E-state index contributed by atoms with van der Waals surface area (Å²) in [4.78, 5) is 0. The Labute approximate surface area is 192 Å². The van der Waals surface area contributed by atoms with Gasteiger partial charge in [-0.1, -0.05) is 115 Å². The molecule has 4 rings (SSSR count). The second kappa shape index (κ2) is 9.42. The van der Waals surface area contributed by atoms with Crippen molar-refractivity contribution in [2.24, 2.45) is 0 Å². The monoisotopic (exact) mass is 455 g/mol. The standard InChI is InChI=1S/C28H30NOPSi/c1-23-19-21-24(22-20-23)28(32(2,3)27-17-11-6-12-18-27)29-31(30,25-13-7-4-8-14-25)26-15-9-5-10-16-26/h4-22,28H,1-3H3,(H,29,30). The molecule has 1 N–H and O–H groups in total. The molecule has 0 spiro atoms. The molecule has 4 aromatic rings. The molecule has 0 saturated heterocycles. The maximum atomic E-state index is 14.9. The molecule has 4 heteroatoms. The minimum absolute atomic E-state index is 0.0308. The molecule has 0 heterocycles. The lowest BCUT2D eigenvalue weighted by atomic mass is 10.1. The summed E-state index contributed by atoms with van der Waals surface area (Å²) in [7, 11) is -5.22. The fraction of sp³-hybridized carbons (Fsp3) is 0.143. The summed E-state index contributed by atoms with van der Waals surface area (Å²) >= 11 is 0. The number of hydrogen-bond acceptors (Lipinski definition) is 1. The lowest BCUT2D eigenvalue weighted by Gasteiger charge is -2.37. The van der Waals surface area contributed by atoms with Crippen molar-refractivity contribution < 1.29 is 4.57 Å². The van der Waals surface area contributed by atoms with E-state index in [9.17, 15) is 4.57 Å². The maximum Gasteiger partial charge on any atom is 0.204 e. The Bertz CT molecular complexity index is 1150. The van der Waals surface area contributed by atoms with E-state index in [1.165, 1.54) is 16.3 Å². The van der Waals surface area contributed by atoms with Crippen molar-refractivity contribution in [3.8, 4) is 0 Å². The van der Waals surface area contributed by atoms with Gasteiger partial charge >= 0.3 is 0 Å². The lowest BCUT2D eigenvalue weighted by Crippen LogP contribution is -2.53. The molecule has 2 nitrogen and oxygen atoms in total. The normalized spacial score (nSPS) is 13.0. The van der Waals surface area contributed by atoms with Crippen molar-refractivity contribution >= 4 is 31.2 Å². The van der Waals surface area contributed by atoms with Crippen LogP contribution in [0.15, 0.2) is 115 Å². The van der Waals surface area contributed by atoms with Crippen LogP contribution in [0.1, 0.15) is 16.8 Å². The molecule has 4 aromatic carbocycles. The highest BCUT2D eigenvalue weighted by molar-refractivity contribution is 7.77. The Morgan fingerprint density at radius 2 is 1.09 bits per heavy atom. The minimum atomic E-state index is -3.09. The van der Waals surface area contributed by atoms with Gasteiger partial charge < -0.3 is 0 Å². The molecular formula is C28H30NOPSi. The first-order valence-electron chi connectivity index (χ1n) is 11.0. The quantitative estimate of drug-likeness (QED) is 0.286. The smallest absolute Gasteiger partial charge is 0.204 e. The van der Waals surface area contributed by atoms with Crippen LogP contribution in [0.25, 0.3) is 0 Å². The molecule has 32 heavy (non-hydrogen) atoms. The highest BCUT2D eigenvalue weighted by Gasteiger charge is 2.40. The van der Waals surface area contributed by atoms with Crippen LogP contribution in [0.5, 0.6) is 0 Å². The molecule has 0 amide bonds. The summed E-state index contributed by atoms with van der Waals surface area (Å²) in [6.45, 7) is 6.82. The average Bonchev–Trinajstić information content (AvgIpc) is 2.84. The van der Waals surface area contributed by atoms with E-state index in [2.05, 4.69) is 79.7 Å². The van der Waals surface area contributed by atoms with E-state index in [1.807, 2.05) is 60.7 Å². The van der Waals surface area contributed by atoms with Gasteiger partial charge in [-0.15, -0.1) is 0 Å². The largest absolute Gasteiger partial charge is 0.297 e. The molecule has 1 atom stereocenters. The van der Waals surface area contributed by atoms with Crippen molar-refractivity contribution in [2.45, 2.75) is 25.7 Å². The zero-order valence-corrected chi connectivity index (χ0v) is 20.8. The summed E-state index contributed by atoms with van der Waals surface area (Å²) in [5, 5.41) is 6.76. The van der Waals surface area contributed by atoms with Gasteiger partial charge in [-0.2, -0.15) is 0 Å². The van der Waals surface area contributed by atoms with Crippen LogP contribution in [0.4, 0.5) is 0 Å². The lowest BCUT2D eigenvalue weighted by molar-refractivity contribution is 0.575. The van der Waals surface area contributed by atoms with E-state index in [-0.39, 0.29) is 5.67 Å². The van der Waals surface area contributed by atoms with Gasteiger partial charge in [-0.25, -0.2) is 0 Å². The zero-order chi connectivity index (χ0) is 22.6. The van der Waals surface area contributed by atoms with E-state index in [0.717, 1.165) is 10.6 Å². The molecule has 0 aromatic heterocycles. The molecule has 0 bridgehead atoms. The van der Waals surface area contributed by atoms with Crippen molar-refractivity contribution in [1.82, 2.24) is 5.09 Å². The Balaban J connectivity index is 1.88. The number of benzene rings is 4. The molecule has 1 unspecified atom stereocenters. The second-order valence-electron chi connectivity index (χ2n) is 8.84. The van der Waals surface area contributed by atoms with Crippen LogP contribution < -0.4 is 20.9 Å². The Hall–Kier alpha value is -2.71. The van der Waals surface area contributed by atoms with Gasteiger partial charge in [0.1, 0.15) is 8.07 Å². The summed E-state index contributed by atoms with van der Waals surface area (Å²) in [6.07, 6.45) is 0. The fourth-order valence-electron chi connectivity index (χ4n) is 4.20. The maximum absolute atomic E-state index is 14.9. The van der Waals surface area contributed by atoms with Crippen LogP contribution in [-0.2, 0) is 4.57 Å². The van der Waals surface area contributed by atoms with Gasteiger partial charge in [0.2, 0.25) is 7.29 Å². The van der Waals surface area contributed by atoms with Crippen LogP contribution in [0.2, 0.25) is 13.1 Å². The Kier molecular flexibility index (Phi) is 6.62. The van der Waals surface area contributed by atoms with Crippen molar-refractivity contribution in [2.75, 3.05) is 0 Å². The van der Waals surface area contributed by atoms with Crippen LogP contribution in [0, 0.1) is 6.92 Å². The van der Waals surface area contributed by atoms with Gasteiger partial charge in [0.25, 0.3) is 0 Å². The molecule has 0 fully saturated rings. The number of nitrogens with one attached hydrogen (secondary N) is 1. The van der Waals surface area contributed by atoms with E-state index < -0.39 is 15.4 Å². The van der Waals surface area contributed by atoms with Gasteiger partial charge in [0.05, 0.1) is 0 Å². The predicted octanol–water partition coefficient (Wildman–Crippen LogP) is 5.71. The zero-order valence-electron chi connectivity index (χ0n) is 18.9. The average molecular weight is 456 g/mol. The van der Waals surface area contributed by atoms with Crippen LogP contribution in [0.3, 0.4) is 0 Å². The SMILES string of the molecule is Cc1ccc(C(NP(=O)(c2ccccc2)c2ccccc2)[Si](C)(C)c2ccccc2)cc1. The Morgan fingerprint density at radius 3 is 1.56 bits per heavy atom. The van der Waals surface area contributed by atoms with E-state index in [1.54, 1.807) is 0 Å². The third-order valence-electron chi connectivity index (χ3n) is 6.20. The van der Waals surface area contributed by atoms with Gasteiger partial charge in [-0.05, 0) is 36.8 Å². The first-order chi connectivity index (χ1) is 15.4. The fourth-order valence-corrected chi connectivity index (χ4v) is 10.7. The first kappa shape index (κ1) is 22.5. The highest BCUT2D eigenvalue weighted by Crippen LogP contribution is 2.43. The van der Waals surface area contributed by atoms with Crippen LogP contribution in [-0.4, -0.2) is 8.07 Å². The van der Waals surface area contributed by atoms with Crippen molar-refractivity contribution in [3.05, 3.63) is 126 Å². The number of aryl methyl sites for hydroxylation is 1. The first-order valence-corrected chi connectivity index (χ1v) is 15.8. The third-order valence-corrected chi connectivity index (χ3v) is 12.9. The minimum Gasteiger partial charge on any atom is -0.297 e. The van der Waals surface area contributed by atoms with Crippen molar-refractivity contribution in [3.63, 3.8) is 0 Å². The summed E-state index contributed by atoms with van der Waals surface area (Å²) in [5.74, 6) is 0. The summed E-state index contributed by atoms with van der Waals surface area (Å²) in [5.41, 5.74) is 2.38. The predicted molar refractivity (Wildman–Crippen MR) is 140 cm³/mol. The summed E-state index contributed by atoms with van der Waals surface area (Å²) in [6, 6.07) is 39.1. The van der Waals surface area contributed by atoms with Crippen molar-refractivity contribution in [1.29, 1.82) is 0 Å². The second-order valence-corrected chi connectivity index (χ2v) is 15.9. The molecule has 0 aliphatic heterocycles. The molecule has 0 radical (unpaired) electrons. The van der Waals surface area contributed by atoms with Crippen LogP contribution >= 0.6 is 7.29 Å². The van der Waals surface area contributed by atoms with Gasteiger partial charge in [0, 0.05) is 16.3 Å². The van der Waals surface area contributed by atoms with E-state index in [4.69, 9.17) is 0 Å². The third kappa shape index (κ3) is 4.56. The molecule has 0 saturated carbocycles. The highest BCUT2D eigenvalue weighted by atomic mass is 31.2. The van der Waals surface area contributed by atoms with Gasteiger partial charge in [-0.3, -0.25) is 9.65 Å². The van der Waals surface area contributed by atoms with E-state index in [0.29, 0.717) is 0 Å². The van der Waals surface area contributed by atoms with Gasteiger partial charge in [0.15, 0.2) is 0 Å². The molecular weight excluding hydrogens is 425 g/mol. The molecule has 0 aliphatic carbocycles. The molecule has 162 valence electrons. The van der Waals surface area contributed by atoms with E-state index >= 15 is 0 Å². The number of rotatable bonds is 7. The summed E-state index contributed by atoms with van der Waals surface area (Å²) < 4.78 is 14.9. The topological polar surface area (TPSA) is 29.1 Å². The number of hydrogen-bond donors (Lipinski definition) is 1. The molecule has 0 aliphatic rings. The Morgan fingerprint density at radius 1 is 0.656 bits per heavy atom.